The number of hydrogen-bond acceptors (Lipinski definition) is 3. The molecule has 0 unspecified atom stereocenters. The zero-order valence-electron chi connectivity index (χ0n) is 13.5. The van der Waals surface area contributed by atoms with Crippen molar-refractivity contribution in [2.45, 2.75) is 77.2 Å². The lowest BCUT2D eigenvalue weighted by Crippen LogP contribution is -2.40. The molecule has 1 aliphatic heterocycles. The van der Waals surface area contributed by atoms with Crippen LogP contribution in [-0.2, 0) is 4.74 Å². The van der Waals surface area contributed by atoms with E-state index in [9.17, 15) is 5.11 Å². The molecule has 0 bridgehead atoms. The van der Waals surface area contributed by atoms with Crippen LogP contribution in [-0.4, -0.2) is 49.0 Å². The van der Waals surface area contributed by atoms with Gasteiger partial charge in [-0.3, -0.25) is 4.90 Å². The highest BCUT2D eigenvalue weighted by atomic mass is 16.5. The van der Waals surface area contributed by atoms with Crippen LogP contribution in [0.1, 0.15) is 71.1 Å². The van der Waals surface area contributed by atoms with Gasteiger partial charge in [0.2, 0.25) is 0 Å². The fourth-order valence-corrected chi connectivity index (χ4v) is 2.86. The molecule has 0 amide bonds. The topological polar surface area (TPSA) is 32.7 Å². The molecule has 1 fully saturated rings. The molecule has 0 aromatic rings. The normalized spacial score (nSPS) is 18.3. The number of ether oxygens (including phenoxy) is 1. The van der Waals surface area contributed by atoms with Crippen molar-refractivity contribution in [1.29, 1.82) is 0 Å². The molecule has 0 saturated carbocycles. The average Bonchev–Trinajstić information content (AvgIpc) is 2.46. The molecule has 0 aromatic carbocycles. The third-order valence-electron chi connectivity index (χ3n) is 4.21. The third kappa shape index (κ3) is 9.73. The van der Waals surface area contributed by atoms with Gasteiger partial charge in [0.05, 0.1) is 19.3 Å². The first-order valence-electron chi connectivity index (χ1n) is 8.81. The number of hydrogen-bond donors (Lipinski definition) is 1. The molecule has 0 aromatic heterocycles. The Kier molecular flexibility index (Phi) is 11.3. The van der Waals surface area contributed by atoms with Gasteiger partial charge in [-0.15, -0.1) is 0 Å². The standard InChI is InChI=1S/C17H35NO2/c1-2-3-4-5-6-7-8-9-10-11-17(19)16-18-12-14-20-15-13-18/h17,19H,2-16H2,1H3/t17-/m1/s1. The summed E-state index contributed by atoms with van der Waals surface area (Å²) >= 11 is 0. The smallest absolute Gasteiger partial charge is 0.0667 e. The van der Waals surface area contributed by atoms with Crippen molar-refractivity contribution in [2.24, 2.45) is 0 Å². The molecule has 1 atom stereocenters. The highest BCUT2D eigenvalue weighted by Crippen LogP contribution is 2.12. The van der Waals surface area contributed by atoms with Crippen molar-refractivity contribution >= 4 is 0 Å². The summed E-state index contributed by atoms with van der Waals surface area (Å²) in [6, 6.07) is 0. The van der Waals surface area contributed by atoms with Gasteiger partial charge >= 0.3 is 0 Å². The summed E-state index contributed by atoms with van der Waals surface area (Å²) in [5, 5.41) is 10.0. The zero-order valence-corrected chi connectivity index (χ0v) is 13.5. The molecule has 1 heterocycles. The zero-order chi connectivity index (χ0) is 14.5. The predicted octanol–water partition coefficient (Wildman–Crippen LogP) is 3.60. The van der Waals surface area contributed by atoms with Gasteiger partial charge in [0.1, 0.15) is 0 Å². The number of unbranched alkanes of at least 4 members (excludes halogenated alkanes) is 8. The fourth-order valence-electron chi connectivity index (χ4n) is 2.86. The van der Waals surface area contributed by atoms with Crippen LogP contribution in [0.25, 0.3) is 0 Å². The molecule has 1 rings (SSSR count). The van der Waals surface area contributed by atoms with E-state index < -0.39 is 0 Å². The molecular weight excluding hydrogens is 250 g/mol. The molecule has 0 aliphatic carbocycles. The highest BCUT2D eigenvalue weighted by molar-refractivity contribution is 4.67. The lowest BCUT2D eigenvalue weighted by Gasteiger charge is -2.28. The molecule has 3 heteroatoms. The lowest BCUT2D eigenvalue weighted by atomic mass is 10.0. The fraction of sp³-hybridized carbons (Fsp3) is 1.00. The second kappa shape index (κ2) is 12.6. The number of rotatable bonds is 12. The molecule has 1 saturated heterocycles. The summed E-state index contributed by atoms with van der Waals surface area (Å²) in [7, 11) is 0. The molecule has 0 radical (unpaired) electrons. The molecule has 120 valence electrons. The maximum Gasteiger partial charge on any atom is 0.0667 e. The number of morpholine rings is 1. The number of β-amino-alcohol motifs (C(OH)–C–C–N with tert-alkyl or cyclic N) is 1. The largest absolute Gasteiger partial charge is 0.392 e. The summed E-state index contributed by atoms with van der Waals surface area (Å²) in [6.45, 7) is 6.71. The highest BCUT2D eigenvalue weighted by Gasteiger charge is 2.14. The third-order valence-corrected chi connectivity index (χ3v) is 4.21. The van der Waals surface area contributed by atoms with Gasteiger partial charge in [-0.25, -0.2) is 0 Å². The SMILES string of the molecule is CCCCCCCCCCC[C@@H](O)CN1CCOCC1. The van der Waals surface area contributed by atoms with Crippen molar-refractivity contribution in [1.82, 2.24) is 4.90 Å². The Morgan fingerprint density at radius 2 is 1.45 bits per heavy atom. The van der Waals surface area contributed by atoms with E-state index in [-0.39, 0.29) is 6.10 Å². The Bertz CT molecular complexity index is 205. The Morgan fingerprint density at radius 1 is 0.900 bits per heavy atom. The van der Waals surface area contributed by atoms with Crippen LogP contribution in [0.15, 0.2) is 0 Å². The summed E-state index contributed by atoms with van der Waals surface area (Å²) in [5.74, 6) is 0. The second-order valence-electron chi connectivity index (χ2n) is 6.18. The van der Waals surface area contributed by atoms with Crippen molar-refractivity contribution in [3.05, 3.63) is 0 Å². The Morgan fingerprint density at radius 3 is 2.05 bits per heavy atom. The van der Waals surface area contributed by atoms with Gasteiger partial charge in [-0.05, 0) is 6.42 Å². The first-order chi connectivity index (χ1) is 9.83. The molecule has 1 aliphatic rings. The number of nitrogens with zero attached hydrogens (tertiary/aromatic N) is 1. The minimum Gasteiger partial charge on any atom is -0.392 e. The van der Waals surface area contributed by atoms with Gasteiger partial charge < -0.3 is 9.84 Å². The van der Waals surface area contributed by atoms with Crippen LogP contribution < -0.4 is 0 Å². The molecule has 0 spiro atoms. The molecule has 1 N–H and O–H groups in total. The summed E-state index contributed by atoms with van der Waals surface area (Å²) in [4.78, 5) is 2.32. The van der Waals surface area contributed by atoms with E-state index >= 15 is 0 Å². The van der Waals surface area contributed by atoms with E-state index in [0.29, 0.717) is 0 Å². The van der Waals surface area contributed by atoms with Gasteiger partial charge in [0.25, 0.3) is 0 Å². The van der Waals surface area contributed by atoms with Gasteiger partial charge in [-0.2, -0.15) is 0 Å². The van der Waals surface area contributed by atoms with Crippen LogP contribution in [0, 0.1) is 0 Å². The Hall–Kier alpha value is -0.120. The van der Waals surface area contributed by atoms with E-state index in [2.05, 4.69) is 11.8 Å². The van der Waals surface area contributed by atoms with E-state index in [4.69, 9.17) is 4.74 Å². The van der Waals surface area contributed by atoms with Crippen LogP contribution in [0.2, 0.25) is 0 Å². The van der Waals surface area contributed by atoms with Crippen molar-refractivity contribution in [3.63, 3.8) is 0 Å². The number of aliphatic hydroxyl groups is 1. The van der Waals surface area contributed by atoms with E-state index in [1.165, 1.54) is 57.8 Å². The Balaban J connectivity index is 1.83. The molecule has 3 nitrogen and oxygen atoms in total. The maximum atomic E-state index is 10.0. The first-order valence-corrected chi connectivity index (χ1v) is 8.81. The van der Waals surface area contributed by atoms with Gasteiger partial charge in [0.15, 0.2) is 0 Å². The van der Waals surface area contributed by atoms with Crippen LogP contribution in [0.4, 0.5) is 0 Å². The van der Waals surface area contributed by atoms with Crippen molar-refractivity contribution in [2.75, 3.05) is 32.8 Å². The monoisotopic (exact) mass is 285 g/mol. The molecule has 20 heavy (non-hydrogen) atoms. The summed E-state index contributed by atoms with van der Waals surface area (Å²) < 4.78 is 5.32. The second-order valence-corrected chi connectivity index (χ2v) is 6.18. The van der Waals surface area contributed by atoms with Crippen LogP contribution >= 0.6 is 0 Å². The Labute approximate surface area is 125 Å². The van der Waals surface area contributed by atoms with E-state index in [0.717, 1.165) is 39.3 Å². The van der Waals surface area contributed by atoms with Gasteiger partial charge in [0, 0.05) is 19.6 Å². The van der Waals surface area contributed by atoms with Crippen LogP contribution in [0.3, 0.4) is 0 Å². The lowest BCUT2D eigenvalue weighted by molar-refractivity contribution is 0.0127. The predicted molar refractivity (Wildman–Crippen MR) is 85.1 cm³/mol. The maximum absolute atomic E-state index is 10.0. The van der Waals surface area contributed by atoms with Crippen molar-refractivity contribution in [3.8, 4) is 0 Å². The summed E-state index contributed by atoms with van der Waals surface area (Å²) in [6.07, 6.45) is 13.0. The summed E-state index contributed by atoms with van der Waals surface area (Å²) in [5.41, 5.74) is 0. The number of aliphatic hydroxyl groups excluding tert-OH is 1. The van der Waals surface area contributed by atoms with E-state index in [1.807, 2.05) is 0 Å². The average molecular weight is 285 g/mol. The quantitative estimate of drug-likeness (QED) is 0.556. The molecular formula is C17H35NO2. The van der Waals surface area contributed by atoms with E-state index in [1.54, 1.807) is 0 Å². The minimum absolute atomic E-state index is 0.141. The van der Waals surface area contributed by atoms with Crippen molar-refractivity contribution < 1.29 is 9.84 Å². The minimum atomic E-state index is -0.141. The van der Waals surface area contributed by atoms with Gasteiger partial charge in [-0.1, -0.05) is 64.7 Å². The van der Waals surface area contributed by atoms with Crippen LogP contribution in [0.5, 0.6) is 0 Å². The first kappa shape index (κ1) is 17.9.